The zero-order valence-corrected chi connectivity index (χ0v) is 21.0. The van der Waals surface area contributed by atoms with Gasteiger partial charge in [0.25, 0.3) is 0 Å². The SMILES string of the molecule is C[C@@H]([C@H](O)CCO)[C@@H](O)C(=O)NCCN(CCNC(=O)C[C@@H](O)C[C@H](O)CO)C(=O)OC(C)(C)C. The molecule has 13 nitrogen and oxygen atoms in total. The van der Waals surface area contributed by atoms with Gasteiger partial charge in [-0.15, -0.1) is 0 Å². The second kappa shape index (κ2) is 16.6. The van der Waals surface area contributed by atoms with Crippen LogP contribution in [0.1, 0.15) is 47.0 Å². The minimum absolute atomic E-state index is 0.00212. The Morgan fingerprint density at radius 1 is 0.943 bits per heavy atom. The Morgan fingerprint density at radius 2 is 1.51 bits per heavy atom. The number of carbonyl (C=O) groups is 3. The van der Waals surface area contributed by atoms with Gasteiger partial charge in [-0.05, 0) is 27.2 Å². The van der Waals surface area contributed by atoms with E-state index in [2.05, 4.69) is 10.6 Å². The summed E-state index contributed by atoms with van der Waals surface area (Å²) in [6.45, 7) is 5.73. The Morgan fingerprint density at radius 3 is 2.03 bits per heavy atom. The molecule has 13 heteroatoms. The van der Waals surface area contributed by atoms with Gasteiger partial charge in [0.2, 0.25) is 11.8 Å². The molecule has 0 bridgehead atoms. The van der Waals surface area contributed by atoms with Crippen molar-refractivity contribution in [3.63, 3.8) is 0 Å². The molecular formula is C22H43N3O10. The summed E-state index contributed by atoms with van der Waals surface area (Å²) in [6.07, 6.45) is -5.96. The number of ether oxygens (including phenoxy) is 1. The molecule has 0 saturated carbocycles. The Labute approximate surface area is 206 Å². The predicted octanol–water partition coefficient (Wildman–Crippen LogP) is -2.31. The van der Waals surface area contributed by atoms with Crippen molar-refractivity contribution in [2.75, 3.05) is 39.4 Å². The van der Waals surface area contributed by atoms with E-state index >= 15 is 0 Å². The van der Waals surface area contributed by atoms with Crippen LogP contribution in [0.15, 0.2) is 0 Å². The zero-order chi connectivity index (χ0) is 27.2. The van der Waals surface area contributed by atoms with E-state index in [1.165, 1.54) is 11.8 Å². The Bertz CT molecular complexity index is 643. The molecule has 0 heterocycles. The van der Waals surface area contributed by atoms with E-state index in [1.807, 2.05) is 0 Å². The molecule has 0 aromatic carbocycles. The smallest absolute Gasteiger partial charge is 0.410 e. The maximum absolute atomic E-state index is 12.5. The van der Waals surface area contributed by atoms with Crippen molar-refractivity contribution in [3.05, 3.63) is 0 Å². The molecule has 0 saturated heterocycles. The summed E-state index contributed by atoms with van der Waals surface area (Å²) < 4.78 is 5.34. The molecule has 8 N–H and O–H groups in total. The number of carbonyl (C=O) groups excluding carboxylic acids is 3. The van der Waals surface area contributed by atoms with Gasteiger partial charge in [-0.2, -0.15) is 0 Å². The molecule has 0 aliphatic carbocycles. The van der Waals surface area contributed by atoms with Gasteiger partial charge >= 0.3 is 6.09 Å². The largest absolute Gasteiger partial charge is 0.444 e. The normalized spacial score (nSPS) is 15.9. The standard InChI is InChI=1S/C22H43N3O10/c1-14(17(30)5-10-26)19(32)20(33)24-7-9-25(21(34)35-22(2,3)4)8-6-23-18(31)12-15(28)11-16(29)13-27/h14-17,19,26-30,32H,5-13H2,1-4H3,(H,23,31)(H,24,33)/t14-,15-,16-,17+,19+/m0/s1. The number of rotatable bonds is 16. The van der Waals surface area contributed by atoms with Crippen LogP contribution >= 0.6 is 0 Å². The van der Waals surface area contributed by atoms with Gasteiger partial charge in [-0.25, -0.2) is 4.79 Å². The van der Waals surface area contributed by atoms with Gasteiger partial charge in [0.1, 0.15) is 11.7 Å². The Hall–Kier alpha value is -2.03. The first-order chi connectivity index (χ1) is 16.2. The van der Waals surface area contributed by atoms with Crippen LogP contribution in [0.2, 0.25) is 0 Å². The first-order valence-electron chi connectivity index (χ1n) is 11.7. The van der Waals surface area contributed by atoms with Crippen molar-refractivity contribution in [2.45, 2.75) is 77.0 Å². The molecule has 0 rings (SSSR count). The molecule has 0 aliphatic heterocycles. The minimum Gasteiger partial charge on any atom is -0.444 e. The van der Waals surface area contributed by atoms with E-state index in [9.17, 15) is 34.8 Å². The fourth-order valence-electron chi connectivity index (χ4n) is 2.97. The second-order valence-corrected chi connectivity index (χ2v) is 9.42. The topological polar surface area (TPSA) is 209 Å². The number of hydrogen-bond acceptors (Lipinski definition) is 10. The minimum atomic E-state index is -1.51. The number of aliphatic hydroxyl groups excluding tert-OH is 6. The Kier molecular flexibility index (Phi) is 15.6. The van der Waals surface area contributed by atoms with Gasteiger partial charge in [-0.1, -0.05) is 6.92 Å². The summed E-state index contributed by atoms with van der Waals surface area (Å²) in [6, 6.07) is 0. The maximum Gasteiger partial charge on any atom is 0.410 e. The van der Waals surface area contributed by atoms with Crippen LogP contribution in [0.5, 0.6) is 0 Å². The average Bonchev–Trinajstić information content (AvgIpc) is 2.75. The van der Waals surface area contributed by atoms with Crippen LogP contribution in [0.25, 0.3) is 0 Å². The molecule has 0 fully saturated rings. The fourth-order valence-corrected chi connectivity index (χ4v) is 2.97. The van der Waals surface area contributed by atoms with Crippen LogP contribution in [-0.4, -0.2) is 123 Å². The van der Waals surface area contributed by atoms with E-state index in [4.69, 9.17) is 14.9 Å². The van der Waals surface area contributed by atoms with Crippen LogP contribution in [-0.2, 0) is 14.3 Å². The van der Waals surface area contributed by atoms with Crippen molar-refractivity contribution in [1.82, 2.24) is 15.5 Å². The third-order valence-electron chi connectivity index (χ3n) is 5.01. The summed E-state index contributed by atoms with van der Waals surface area (Å²) in [7, 11) is 0. The summed E-state index contributed by atoms with van der Waals surface area (Å²) in [5, 5.41) is 61.7. The first-order valence-corrected chi connectivity index (χ1v) is 11.7. The summed E-state index contributed by atoms with van der Waals surface area (Å²) in [4.78, 5) is 38.0. The van der Waals surface area contributed by atoms with Gasteiger partial charge in [0.05, 0.1) is 31.3 Å². The van der Waals surface area contributed by atoms with Crippen molar-refractivity contribution in [2.24, 2.45) is 5.92 Å². The van der Waals surface area contributed by atoms with E-state index in [0.29, 0.717) is 0 Å². The van der Waals surface area contributed by atoms with E-state index in [-0.39, 0.29) is 52.0 Å². The van der Waals surface area contributed by atoms with Crippen LogP contribution in [0, 0.1) is 5.92 Å². The molecule has 0 unspecified atom stereocenters. The highest BCUT2D eigenvalue weighted by atomic mass is 16.6. The number of amides is 3. The van der Waals surface area contributed by atoms with Gasteiger partial charge < -0.3 is 50.9 Å². The fraction of sp³-hybridized carbons (Fsp3) is 0.864. The number of aliphatic hydroxyl groups is 6. The van der Waals surface area contributed by atoms with Crippen molar-refractivity contribution in [3.8, 4) is 0 Å². The molecule has 0 spiro atoms. The lowest BCUT2D eigenvalue weighted by atomic mass is 9.95. The quantitative estimate of drug-likeness (QED) is 0.111. The number of nitrogens with one attached hydrogen (secondary N) is 2. The maximum atomic E-state index is 12.5. The first kappa shape index (κ1) is 33.0. The number of hydrogen-bond donors (Lipinski definition) is 8. The molecule has 35 heavy (non-hydrogen) atoms. The van der Waals surface area contributed by atoms with Crippen LogP contribution < -0.4 is 10.6 Å². The highest BCUT2D eigenvalue weighted by molar-refractivity contribution is 5.81. The lowest BCUT2D eigenvalue weighted by Gasteiger charge is -2.28. The van der Waals surface area contributed by atoms with E-state index in [1.54, 1.807) is 20.8 Å². The molecular weight excluding hydrogens is 466 g/mol. The van der Waals surface area contributed by atoms with Gasteiger partial charge in [0.15, 0.2) is 0 Å². The lowest BCUT2D eigenvalue weighted by Crippen LogP contribution is -2.47. The lowest BCUT2D eigenvalue weighted by molar-refractivity contribution is -0.134. The van der Waals surface area contributed by atoms with Crippen molar-refractivity contribution in [1.29, 1.82) is 0 Å². The molecule has 3 amide bonds. The molecule has 206 valence electrons. The third kappa shape index (κ3) is 14.9. The number of nitrogens with zero attached hydrogens (tertiary/aromatic N) is 1. The molecule has 0 aliphatic rings. The second-order valence-electron chi connectivity index (χ2n) is 9.42. The monoisotopic (exact) mass is 509 g/mol. The molecule has 0 aromatic heterocycles. The summed E-state index contributed by atoms with van der Waals surface area (Å²) >= 11 is 0. The summed E-state index contributed by atoms with van der Waals surface area (Å²) in [5.41, 5.74) is -0.784. The molecule has 0 radical (unpaired) electrons. The van der Waals surface area contributed by atoms with Gasteiger partial charge in [-0.3, -0.25) is 9.59 Å². The van der Waals surface area contributed by atoms with E-state index < -0.39 is 60.4 Å². The highest BCUT2D eigenvalue weighted by Gasteiger charge is 2.28. The highest BCUT2D eigenvalue weighted by Crippen LogP contribution is 2.12. The van der Waals surface area contributed by atoms with Crippen LogP contribution in [0.4, 0.5) is 4.79 Å². The van der Waals surface area contributed by atoms with E-state index in [0.717, 1.165) is 0 Å². The summed E-state index contributed by atoms with van der Waals surface area (Å²) in [5.74, 6) is -2.07. The average molecular weight is 510 g/mol. The van der Waals surface area contributed by atoms with Crippen LogP contribution in [0.3, 0.4) is 0 Å². The molecule has 5 atom stereocenters. The zero-order valence-electron chi connectivity index (χ0n) is 21.0. The third-order valence-corrected chi connectivity index (χ3v) is 5.01. The Balaban J connectivity index is 4.80. The van der Waals surface area contributed by atoms with Crippen molar-refractivity contribution < 1.29 is 49.8 Å². The van der Waals surface area contributed by atoms with Gasteiger partial charge in [0, 0.05) is 45.1 Å². The molecule has 0 aromatic rings. The predicted molar refractivity (Wildman–Crippen MR) is 125 cm³/mol. The van der Waals surface area contributed by atoms with Crippen molar-refractivity contribution >= 4 is 17.9 Å².